The summed E-state index contributed by atoms with van der Waals surface area (Å²) in [6.07, 6.45) is 4.86. The lowest BCUT2D eigenvalue weighted by molar-refractivity contribution is 0.0993. The summed E-state index contributed by atoms with van der Waals surface area (Å²) in [5.74, 6) is 0.742. The average Bonchev–Trinajstić information content (AvgIpc) is 2.58. The van der Waals surface area contributed by atoms with Crippen LogP contribution in [0.25, 0.3) is 0 Å². The van der Waals surface area contributed by atoms with Crippen LogP contribution in [0.5, 0.6) is 0 Å². The molecule has 21 heavy (non-hydrogen) atoms. The molecule has 3 aromatic heterocycles. The second-order valence-electron chi connectivity index (χ2n) is 4.23. The zero-order chi connectivity index (χ0) is 14.5. The zero-order valence-electron chi connectivity index (χ0n) is 11.1. The molecule has 0 aliphatic heterocycles. The van der Waals surface area contributed by atoms with Crippen molar-refractivity contribution in [2.45, 2.75) is 0 Å². The van der Waals surface area contributed by atoms with Crippen molar-refractivity contribution in [1.82, 2.24) is 15.0 Å². The molecule has 0 radical (unpaired) electrons. The minimum Gasteiger partial charge on any atom is -0.266 e. The normalized spacial score (nSPS) is 10.1. The molecule has 0 saturated heterocycles. The maximum atomic E-state index is 12.7. The van der Waals surface area contributed by atoms with Gasteiger partial charge in [0.2, 0.25) is 0 Å². The highest BCUT2D eigenvalue weighted by molar-refractivity contribution is 6.08. The summed E-state index contributed by atoms with van der Waals surface area (Å²) in [5.41, 5.74) is 0.341. The summed E-state index contributed by atoms with van der Waals surface area (Å²) >= 11 is 0. The third-order valence-electron chi connectivity index (χ3n) is 2.84. The minimum atomic E-state index is -0.270. The van der Waals surface area contributed by atoms with Crippen LogP contribution >= 0.6 is 0 Å². The Morgan fingerprint density at radius 2 is 1.24 bits per heavy atom. The molecule has 1 amide bonds. The van der Waals surface area contributed by atoms with E-state index in [9.17, 15) is 4.79 Å². The van der Waals surface area contributed by atoms with Gasteiger partial charge in [-0.15, -0.1) is 0 Å². The Kier molecular flexibility index (Phi) is 3.64. The van der Waals surface area contributed by atoms with E-state index in [1.165, 1.54) is 4.90 Å². The Morgan fingerprint density at radius 1 is 0.714 bits per heavy atom. The first-order valence-corrected chi connectivity index (χ1v) is 6.44. The lowest BCUT2D eigenvalue weighted by atomic mass is 10.3. The van der Waals surface area contributed by atoms with Gasteiger partial charge in [-0.1, -0.05) is 18.2 Å². The summed E-state index contributed by atoms with van der Waals surface area (Å²) in [5, 5.41) is 0. The van der Waals surface area contributed by atoms with Gasteiger partial charge in [0.1, 0.15) is 17.3 Å². The molecule has 0 spiro atoms. The topological polar surface area (TPSA) is 59.0 Å². The minimum absolute atomic E-state index is 0.270. The Hall–Kier alpha value is -3.08. The molecule has 0 N–H and O–H groups in total. The summed E-state index contributed by atoms with van der Waals surface area (Å²) < 4.78 is 0. The molecule has 102 valence electrons. The zero-order valence-corrected chi connectivity index (χ0v) is 11.1. The Balaban J connectivity index is 2.07. The van der Waals surface area contributed by atoms with Crippen molar-refractivity contribution in [2.75, 3.05) is 4.90 Å². The van der Waals surface area contributed by atoms with Crippen LogP contribution in [0.3, 0.4) is 0 Å². The lowest BCUT2D eigenvalue weighted by Gasteiger charge is -2.20. The van der Waals surface area contributed by atoms with Gasteiger partial charge in [0.05, 0.1) is 0 Å². The molecule has 0 atom stereocenters. The molecule has 0 unspecified atom stereocenters. The third kappa shape index (κ3) is 2.76. The van der Waals surface area contributed by atoms with Crippen molar-refractivity contribution in [2.24, 2.45) is 0 Å². The molecule has 0 bridgehead atoms. The number of pyridine rings is 3. The van der Waals surface area contributed by atoms with Crippen LogP contribution in [0.1, 0.15) is 10.5 Å². The number of hydrogen-bond donors (Lipinski definition) is 0. The smallest absolute Gasteiger partial charge is 0.266 e. The Bertz CT molecular complexity index is 678. The second-order valence-corrected chi connectivity index (χ2v) is 4.23. The van der Waals surface area contributed by atoms with Gasteiger partial charge in [0, 0.05) is 18.6 Å². The van der Waals surface area contributed by atoms with Gasteiger partial charge in [0.25, 0.3) is 5.91 Å². The SMILES string of the molecule is O=C(c1ccccn1)N(c1ccccn1)c1ccccn1. The maximum Gasteiger partial charge on any atom is 0.283 e. The van der Waals surface area contributed by atoms with Gasteiger partial charge in [-0.05, 0) is 36.4 Å². The molecular formula is C16H12N4O. The predicted octanol–water partition coefficient (Wildman–Crippen LogP) is 2.85. The van der Waals surface area contributed by atoms with Crippen LogP contribution in [0.15, 0.2) is 73.2 Å². The number of nitrogens with zero attached hydrogens (tertiary/aromatic N) is 4. The van der Waals surface area contributed by atoms with Gasteiger partial charge in [-0.25, -0.2) is 14.9 Å². The fourth-order valence-electron chi connectivity index (χ4n) is 1.90. The monoisotopic (exact) mass is 276 g/mol. The first kappa shape index (κ1) is 12.9. The van der Waals surface area contributed by atoms with E-state index >= 15 is 0 Å². The molecule has 0 aliphatic carbocycles. The fourth-order valence-corrected chi connectivity index (χ4v) is 1.90. The summed E-state index contributed by atoms with van der Waals surface area (Å²) in [4.78, 5) is 26.8. The molecule has 3 rings (SSSR count). The largest absolute Gasteiger partial charge is 0.283 e. The summed E-state index contributed by atoms with van der Waals surface area (Å²) in [6, 6.07) is 16.0. The number of aromatic nitrogens is 3. The fraction of sp³-hybridized carbons (Fsp3) is 0. The first-order chi connectivity index (χ1) is 10.4. The van der Waals surface area contributed by atoms with E-state index in [-0.39, 0.29) is 5.91 Å². The number of amides is 1. The molecule has 0 saturated carbocycles. The first-order valence-electron chi connectivity index (χ1n) is 6.44. The van der Waals surface area contributed by atoms with Crippen LogP contribution in [0, 0.1) is 0 Å². The van der Waals surface area contributed by atoms with Crippen LogP contribution in [0.2, 0.25) is 0 Å². The van der Waals surface area contributed by atoms with Crippen LogP contribution in [-0.2, 0) is 0 Å². The lowest BCUT2D eigenvalue weighted by Crippen LogP contribution is -2.28. The van der Waals surface area contributed by atoms with Gasteiger partial charge in [-0.3, -0.25) is 9.78 Å². The average molecular weight is 276 g/mol. The summed E-state index contributed by atoms with van der Waals surface area (Å²) in [6.45, 7) is 0. The Morgan fingerprint density at radius 3 is 1.67 bits per heavy atom. The second kappa shape index (κ2) is 5.92. The summed E-state index contributed by atoms with van der Waals surface area (Å²) in [7, 11) is 0. The molecule has 0 aliphatic rings. The van der Waals surface area contributed by atoms with E-state index in [0.717, 1.165) is 0 Å². The highest BCUT2D eigenvalue weighted by Crippen LogP contribution is 2.22. The molecule has 3 aromatic rings. The highest BCUT2D eigenvalue weighted by atomic mass is 16.2. The number of rotatable bonds is 3. The molecule has 3 heterocycles. The van der Waals surface area contributed by atoms with Crippen molar-refractivity contribution < 1.29 is 4.79 Å². The van der Waals surface area contributed by atoms with Crippen LogP contribution in [-0.4, -0.2) is 20.9 Å². The number of carbonyl (C=O) groups is 1. The van der Waals surface area contributed by atoms with Gasteiger partial charge in [0.15, 0.2) is 0 Å². The van der Waals surface area contributed by atoms with Crippen molar-refractivity contribution in [3.63, 3.8) is 0 Å². The van der Waals surface area contributed by atoms with E-state index in [0.29, 0.717) is 17.3 Å². The molecule has 5 heteroatoms. The van der Waals surface area contributed by atoms with E-state index in [1.807, 2.05) is 12.1 Å². The van der Waals surface area contributed by atoms with E-state index in [1.54, 1.807) is 61.1 Å². The van der Waals surface area contributed by atoms with Crippen molar-refractivity contribution in [1.29, 1.82) is 0 Å². The number of hydrogen-bond acceptors (Lipinski definition) is 4. The Labute approximate surface area is 121 Å². The number of carbonyl (C=O) groups excluding carboxylic acids is 1. The molecule has 5 nitrogen and oxygen atoms in total. The van der Waals surface area contributed by atoms with Crippen LogP contribution < -0.4 is 4.90 Å². The van der Waals surface area contributed by atoms with E-state index < -0.39 is 0 Å². The van der Waals surface area contributed by atoms with E-state index in [4.69, 9.17) is 0 Å². The molecule has 0 aromatic carbocycles. The van der Waals surface area contributed by atoms with Crippen molar-refractivity contribution in [3.8, 4) is 0 Å². The number of anilines is 2. The maximum absolute atomic E-state index is 12.7. The van der Waals surface area contributed by atoms with Crippen molar-refractivity contribution >= 4 is 17.5 Å². The third-order valence-corrected chi connectivity index (χ3v) is 2.84. The molecule has 0 fully saturated rings. The van der Waals surface area contributed by atoms with Gasteiger partial charge >= 0.3 is 0 Å². The molecular weight excluding hydrogens is 264 g/mol. The standard InChI is InChI=1S/C16H12N4O/c21-16(13-7-1-4-10-17-13)20(14-8-2-5-11-18-14)15-9-3-6-12-19-15/h1-12H. The highest BCUT2D eigenvalue weighted by Gasteiger charge is 2.22. The van der Waals surface area contributed by atoms with Gasteiger partial charge < -0.3 is 0 Å². The van der Waals surface area contributed by atoms with E-state index in [2.05, 4.69) is 15.0 Å². The van der Waals surface area contributed by atoms with Gasteiger partial charge in [-0.2, -0.15) is 0 Å². The predicted molar refractivity (Wildman–Crippen MR) is 79.2 cm³/mol. The van der Waals surface area contributed by atoms with Crippen molar-refractivity contribution in [3.05, 3.63) is 78.9 Å². The van der Waals surface area contributed by atoms with Crippen LogP contribution in [0.4, 0.5) is 11.6 Å². The quantitative estimate of drug-likeness (QED) is 0.738.